The Kier molecular flexibility index (Phi) is 5.52. The quantitative estimate of drug-likeness (QED) is 0.599. The summed E-state index contributed by atoms with van der Waals surface area (Å²) >= 11 is 3.35. The van der Waals surface area contributed by atoms with Crippen molar-refractivity contribution in [3.8, 4) is 0 Å². The van der Waals surface area contributed by atoms with Gasteiger partial charge in [-0.15, -0.1) is 0 Å². The van der Waals surface area contributed by atoms with E-state index in [4.69, 9.17) is 0 Å². The number of sulfonamides is 1. The minimum Gasteiger partial charge on any atom is -0.316 e. The molecule has 6 heteroatoms. The second kappa shape index (κ2) is 6.18. The van der Waals surface area contributed by atoms with Crippen LogP contribution in [0.2, 0.25) is 0 Å². The molecule has 0 spiro atoms. The van der Waals surface area contributed by atoms with Gasteiger partial charge in [0.1, 0.15) is 0 Å². The first kappa shape index (κ1) is 13.4. The first-order valence-corrected chi connectivity index (χ1v) is 8.23. The van der Waals surface area contributed by atoms with Gasteiger partial charge in [0.05, 0.1) is 6.26 Å². The lowest BCUT2D eigenvalue weighted by atomic mass is 10.00. The predicted molar refractivity (Wildman–Crippen MR) is 65.8 cm³/mol. The van der Waals surface area contributed by atoms with Crippen molar-refractivity contribution in [2.45, 2.75) is 12.8 Å². The molecule has 0 saturated carbocycles. The first-order chi connectivity index (χ1) is 7.04. The van der Waals surface area contributed by atoms with Crippen LogP contribution in [0.5, 0.6) is 0 Å². The molecule has 1 heterocycles. The van der Waals surface area contributed by atoms with E-state index in [0.29, 0.717) is 19.0 Å². The number of piperidine rings is 1. The summed E-state index contributed by atoms with van der Waals surface area (Å²) in [5.74, 6) is 0.465. The van der Waals surface area contributed by atoms with Crippen molar-refractivity contribution in [2.24, 2.45) is 5.92 Å². The van der Waals surface area contributed by atoms with E-state index in [1.165, 1.54) is 6.26 Å². The van der Waals surface area contributed by atoms with Crippen molar-refractivity contribution in [3.63, 3.8) is 0 Å². The third-order valence-corrected chi connectivity index (χ3v) is 4.32. The van der Waals surface area contributed by atoms with E-state index in [-0.39, 0.29) is 0 Å². The van der Waals surface area contributed by atoms with Gasteiger partial charge in [-0.05, 0) is 25.3 Å². The molecule has 0 aromatic rings. The van der Waals surface area contributed by atoms with Crippen molar-refractivity contribution in [3.05, 3.63) is 0 Å². The third kappa shape index (κ3) is 4.80. The van der Waals surface area contributed by atoms with Crippen molar-refractivity contribution in [1.82, 2.24) is 9.62 Å². The fourth-order valence-electron chi connectivity index (χ4n) is 1.87. The first-order valence-electron chi connectivity index (χ1n) is 5.26. The normalized spacial score (nSPS) is 24.3. The molecule has 15 heavy (non-hydrogen) atoms. The molecule has 1 aliphatic heterocycles. The molecule has 1 unspecified atom stereocenters. The summed E-state index contributed by atoms with van der Waals surface area (Å²) in [6.45, 7) is 3.22. The SMILES string of the molecule is CS(=O)(=O)N1CCCC(CNCCBr)C1. The predicted octanol–water partition coefficient (Wildman–Crippen LogP) is 0.643. The van der Waals surface area contributed by atoms with E-state index in [2.05, 4.69) is 21.2 Å². The van der Waals surface area contributed by atoms with Gasteiger partial charge in [0, 0.05) is 25.0 Å². The maximum Gasteiger partial charge on any atom is 0.211 e. The average molecular weight is 299 g/mol. The Morgan fingerprint density at radius 1 is 1.53 bits per heavy atom. The molecule has 0 aromatic heterocycles. The van der Waals surface area contributed by atoms with Crippen LogP contribution >= 0.6 is 15.9 Å². The van der Waals surface area contributed by atoms with Crippen molar-refractivity contribution in [1.29, 1.82) is 0 Å². The zero-order valence-electron chi connectivity index (χ0n) is 9.08. The van der Waals surface area contributed by atoms with Gasteiger partial charge in [0.2, 0.25) is 10.0 Å². The Labute approximate surface area is 101 Å². The smallest absolute Gasteiger partial charge is 0.211 e. The Bertz CT molecular complexity index is 282. The van der Waals surface area contributed by atoms with Crippen molar-refractivity contribution < 1.29 is 8.42 Å². The number of rotatable bonds is 5. The summed E-state index contributed by atoms with van der Waals surface area (Å²) in [7, 11) is -2.99. The van der Waals surface area contributed by atoms with Gasteiger partial charge in [-0.3, -0.25) is 0 Å². The van der Waals surface area contributed by atoms with E-state index < -0.39 is 10.0 Å². The Morgan fingerprint density at radius 2 is 2.27 bits per heavy atom. The van der Waals surface area contributed by atoms with Crippen LogP contribution in [0.1, 0.15) is 12.8 Å². The molecule has 0 radical (unpaired) electrons. The largest absolute Gasteiger partial charge is 0.316 e. The van der Waals surface area contributed by atoms with Gasteiger partial charge in [0.25, 0.3) is 0 Å². The molecule has 1 aliphatic rings. The Hall–Kier alpha value is 0.350. The number of alkyl halides is 1. The minimum atomic E-state index is -2.99. The molecular weight excluding hydrogens is 280 g/mol. The van der Waals surface area contributed by atoms with Crippen LogP contribution in [0.15, 0.2) is 0 Å². The highest BCUT2D eigenvalue weighted by atomic mass is 79.9. The van der Waals surface area contributed by atoms with E-state index in [1.54, 1.807) is 4.31 Å². The maximum absolute atomic E-state index is 11.4. The van der Waals surface area contributed by atoms with Gasteiger partial charge in [0.15, 0.2) is 0 Å². The van der Waals surface area contributed by atoms with Crippen LogP contribution in [0.4, 0.5) is 0 Å². The lowest BCUT2D eigenvalue weighted by molar-refractivity contribution is 0.262. The number of halogens is 1. The molecule has 90 valence electrons. The van der Waals surface area contributed by atoms with Gasteiger partial charge in [-0.25, -0.2) is 12.7 Å². The number of nitrogens with one attached hydrogen (secondary N) is 1. The zero-order chi connectivity index (χ0) is 11.3. The number of hydrogen-bond acceptors (Lipinski definition) is 3. The second-order valence-corrected chi connectivity index (χ2v) is 6.80. The van der Waals surface area contributed by atoms with Gasteiger partial charge < -0.3 is 5.32 Å². The van der Waals surface area contributed by atoms with Crippen LogP contribution in [0.3, 0.4) is 0 Å². The summed E-state index contributed by atoms with van der Waals surface area (Å²) < 4.78 is 24.3. The lowest BCUT2D eigenvalue weighted by Gasteiger charge is -2.31. The van der Waals surface area contributed by atoms with E-state index in [0.717, 1.165) is 31.3 Å². The fourth-order valence-corrected chi connectivity index (χ4v) is 3.09. The highest BCUT2D eigenvalue weighted by molar-refractivity contribution is 9.09. The highest BCUT2D eigenvalue weighted by Crippen LogP contribution is 2.17. The van der Waals surface area contributed by atoms with Crippen LogP contribution in [0, 0.1) is 5.92 Å². The molecule has 4 nitrogen and oxygen atoms in total. The summed E-state index contributed by atoms with van der Waals surface area (Å²) in [5, 5.41) is 4.25. The van der Waals surface area contributed by atoms with Crippen molar-refractivity contribution in [2.75, 3.05) is 37.8 Å². The summed E-state index contributed by atoms with van der Waals surface area (Å²) in [6.07, 6.45) is 3.40. The fraction of sp³-hybridized carbons (Fsp3) is 1.00. The molecular formula is C9H19BrN2O2S. The molecule has 0 amide bonds. The second-order valence-electron chi connectivity index (χ2n) is 4.02. The van der Waals surface area contributed by atoms with E-state index in [9.17, 15) is 8.42 Å². The average Bonchev–Trinajstić information content (AvgIpc) is 2.17. The van der Waals surface area contributed by atoms with Crippen LogP contribution in [0.25, 0.3) is 0 Å². The Morgan fingerprint density at radius 3 is 2.87 bits per heavy atom. The zero-order valence-corrected chi connectivity index (χ0v) is 11.5. The Balaban J connectivity index is 2.36. The number of hydrogen-bond donors (Lipinski definition) is 1. The minimum absolute atomic E-state index is 0.465. The standard InChI is InChI=1S/C9H19BrN2O2S/c1-15(13,14)12-6-2-3-9(8-12)7-11-5-4-10/h9,11H,2-8H2,1H3. The molecule has 1 rings (SSSR count). The summed E-state index contributed by atoms with van der Waals surface area (Å²) in [4.78, 5) is 0. The molecule has 1 atom stereocenters. The monoisotopic (exact) mass is 298 g/mol. The maximum atomic E-state index is 11.4. The molecule has 1 saturated heterocycles. The van der Waals surface area contributed by atoms with Crippen molar-refractivity contribution >= 4 is 26.0 Å². The summed E-state index contributed by atoms with van der Waals surface area (Å²) in [5.41, 5.74) is 0. The highest BCUT2D eigenvalue weighted by Gasteiger charge is 2.25. The lowest BCUT2D eigenvalue weighted by Crippen LogP contribution is -2.42. The van der Waals surface area contributed by atoms with Crippen LogP contribution in [-0.2, 0) is 10.0 Å². The van der Waals surface area contributed by atoms with Crippen LogP contribution in [-0.4, -0.2) is 50.5 Å². The number of nitrogens with zero attached hydrogens (tertiary/aromatic N) is 1. The van der Waals surface area contributed by atoms with Gasteiger partial charge >= 0.3 is 0 Å². The van der Waals surface area contributed by atoms with Gasteiger partial charge in [-0.2, -0.15) is 0 Å². The molecule has 0 aliphatic carbocycles. The third-order valence-electron chi connectivity index (χ3n) is 2.66. The topological polar surface area (TPSA) is 49.4 Å². The molecule has 0 bridgehead atoms. The molecule has 1 N–H and O–H groups in total. The molecule has 1 fully saturated rings. The van der Waals surface area contributed by atoms with Crippen LogP contribution < -0.4 is 5.32 Å². The van der Waals surface area contributed by atoms with Gasteiger partial charge in [-0.1, -0.05) is 15.9 Å². The van der Waals surface area contributed by atoms with E-state index >= 15 is 0 Å². The summed E-state index contributed by atoms with van der Waals surface area (Å²) in [6, 6.07) is 0. The van der Waals surface area contributed by atoms with E-state index in [1.807, 2.05) is 0 Å². The molecule has 0 aromatic carbocycles.